The van der Waals surface area contributed by atoms with Crippen molar-refractivity contribution in [3.05, 3.63) is 35.8 Å². The molecule has 4 aromatic heterocycles. The average Bonchev–Trinajstić information content (AvgIpc) is 3.41. The first-order chi connectivity index (χ1) is 17.8. The molecule has 202 valence electrons. The molecule has 0 bridgehead atoms. The molecule has 0 N–H and O–H groups in total. The van der Waals surface area contributed by atoms with Crippen molar-refractivity contribution in [2.45, 2.75) is 25.0 Å². The molecule has 0 unspecified atom stereocenters. The summed E-state index contributed by atoms with van der Waals surface area (Å²) in [7, 11) is -1.61. The fraction of sp³-hybridized carbons (Fsp3) is 0.333. The van der Waals surface area contributed by atoms with Crippen molar-refractivity contribution in [2.75, 3.05) is 19.5 Å². The maximum Gasteiger partial charge on any atom is 0.441 e. The summed E-state index contributed by atoms with van der Waals surface area (Å²) in [4.78, 5) is 42.4. The van der Waals surface area contributed by atoms with Gasteiger partial charge in [0.1, 0.15) is 22.6 Å². The van der Waals surface area contributed by atoms with Crippen LogP contribution in [0.2, 0.25) is 0 Å². The Morgan fingerprint density at radius 3 is 2.47 bits per heavy atom. The Morgan fingerprint density at radius 1 is 1.16 bits per heavy atom. The van der Waals surface area contributed by atoms with Crippen molar-refractivity contribution in [2.24, 2.45) is 7.05 Å². The van der Waals surface area contributed by atoms with E-state index >= 15 is 0 Å². The number of imide groups is 1. The number of aryl methyl sites for hydroxylation is 1. The molecule has 0 saturated heterocycles. The second kappa shape index (κ2) is 9.64. The Kier molecular flexibility index (Phi) is 6.83. The predicted molar refractivity (Wildman–Crippen MR) is 123 cm³/mol. The van der Waals surface area contributed by atoms with E-state index in [1.165, 1.54) is 31.5 Å². The van der Waals surface area contributed by atoms with Crippen molar-refractivity contribution in [3.63, 3.8) is 0 Å². The average molecular weight is 555 g/mol. The minimum absolute atomic E-state index is 0.0345. The van der Waals surface area contributed by atoms with Crippen LogP contribution in [0.15, 0.2) is 29.6 Å². The lowest BCUT2D eigenvalue weighted by atomic mass is 10.2. The summed E-state index contributed by atoms with van der Waals surface area (Å²) >= 11 is 0. The number of rotatable bonds is 6. The number of imidazole rings is 1. The lowest BCUT2D eigenvalue weighted by molar-refractivity contribution is -0.137. The summed E-state index contributed by atoms with van der Waals surface area (Å²) in [5.41, 5.74) is -1.82. The van der Waals surface area contributed by atoms with Gasteiger partial charge < -0.3 is 9.30 Å². The summed E-state index contributed by atoms with van der Waals surface area (Å²) in [6.07, 6.45) is -4.00. The van der Waals surface area contributed by atoms with Gasteiger partial charge in [-0.15, -0.1) is 5.06 Å². The molecule has 0 spiro atoms. The Morgan fingerprint density at radius 2 is 1.87 bits per heavy atom. The Balaban J connectivity index is 2.01. The fourth-order valence-corrected chi connectivity index (χ4v) is 4.59. The van der Waals surface area contributed by atoms with Crippen LogP contribution < -0.4 is 0 Å². The number of aromatic nitrogens is 6. The molecule has 2 amide bonds. The summed E-state index contributed by atoms with van der Waals surface area (Å²) in [6.45, 7) is 2.83. The molecule has 0 fully saturated rings. The zero-order chi connectivity index (χ0) is 28.0. The van der Waals surface area contributed by atoms with Crippen LogP contribution in [-0.2, 0) is 32.6 Å². The van der Waals surface area contributed by atoms with Crippen LogP contribution >= 0.6 is 0 Å². The molecule has 38 heavy (non-hydrogen) atoms. The van der Waals surface area contributed by atoms with Gasteiger partial charge >= 0.3 is 18.2 Å². The second-order valence-corrected chi connectivity index (χ2v) is 9.88. The van der Waals surface area contributed by atoms with Gasteiger partial charge in [-0.2, -0.15) is 18.3 Å². The maximum atomic E-state index is 13.2. The molecular formula is C21H20F3N7O6S. The third-order valence-electron chi connectivity index (χ3n) is 5.44. The van der Waals surface area contributed by atoms with E-state index in [1.807, 2.05) is 0 Å². The normalized spacial score (nSPS) is 12.3. The number of fused-ring (bicyclic) bond motifs is 2. The van der Waals surface area contributed by atoms with Gasteiger partial charge in [-0.3, -0.25) is 9.63 Å². The molecule has 13 nitrogen and oxygen atoms in total. The Bertz CT molecular complexity index is 1680. The third kappa shape index (κ3) is 4.43. The molecule has 0 radical (unpaired) electrons. The van der Waals surface area contributed by atoms with Crippen LogP contribution in [0, 0.1) is 0 Å². The lowest BCUT2D eigenvalue weighted by Crippen LogP contribution is -2.37. The predicted octanol–water partition coefficient (Wildman–Crippen LogP) is 2.65. The number of carbonyl (C=O) groups excluding carboxylic acids is 2. The standard InChI is InChI=1S/C21H20F3N7O6S/c1-5-37-20(33)31(36-4)19(32)13-7-8-25-16-14(18(28-30(13)16)38(34,35)6-2)17-27-12-9-11(21(22,23)24)10-26-15(12)29(17)3/h7-10H,5-6H2,1-4H3. The van der Waals surface area contributed by atoms with E-state index in [9.17, 15) is 31.2 Å². The minimum Gasteiger partial charge on any atom is -0.448 e. The number of halogens is 3. The van der Waals surface area contributed by atoms with Crippen molar-refractivity contribution < 1.29 is 40.8 Å². The SMILES string of the molecule is CCOC(=O)N(OC)C(=O)c1ccnc2c(-c3nc4cc(C(F)(F)F)cnc4n3C)c(S(=O)(=O)CC)nn12. The fourth-order valence-electron chi connectivity index (χ4n) is 3.62. The van der Waals surface area contributed by atoms with Gasteiger partial charge in [-0.25, -0.2) is 32.7 Å². The van der Waals surface area contributed by atoms with Crippen LogP contribution in [0.1, 0.15) is 29.9 Å². The van der Waals surface area contributed by atoms with Crippen LogP contribution in [0.3, 0.4) is 0 Å². The van der Waals surface area contributed by atoms with Crippen LogP contribution in [0.4, 0.5) is 18.0 Å². The van der Waals surface area contributed by atoms with E-state index in [2.05, 4.69) is 20.1 Å². The third-order valence-corrected chi connectivity index (χ3v) is 7.08. The van der Waals surface area contributed by atoms with Crippen LogP contribution in [-0.4, -0.2) is 74.1 Å². The lowest BCUT2D eigenvalue weighted by Gasteiger charge is -2.16. The van der Waals surface area contributed by atoms with Crippen molar-refractivity contribution in [3.8, 4) is 11.4 Å². The van der Waals surface area contributed by atoms with Crippen LogP contribution in [0.5, 0.6) is 0 Å². The van der Waals surface area contributed by atoms with Crippen molar-refractivity contribution >= 4 is 38.6 Å². The van der Waals surface area contributed by atoms with Gasteiger partial charge in [0, 0.05) is 19.4 Å². The number of carbonyl (C=O) groups is 2. The van der Waals surface area contributed by atoms with E-state index in [-0.39, 0.29) is 40.5 Å². The molecule has 17 heteroatoms. The Labute approximate surface area is 212 Å². The highest BCUT2D eigenvalue weighted by molar-refractivity contribution is 7.91. The van der Waals surface area contributed by atoms with E-state index in [0.717, 1.165) is 23.9 Å². The van der Waals surface area contributed by atoms with Gasteiger partial charge in [0.25, 0.3) is 0 Å². The number of pyridine rings is 1. The van der Waals surface area contributed by atoms with Crippen LogP contribution in [0.25, 0.3) is 28.2 Å². The minimum atomic E-state index is -4.68. The molecule has 4 rings (SSSR count). The Hall–Kier alpha value is -4.12. The van der Waals surface area contributed by atoms with Gasteiger partial charge in [0.2, 0.25) is 0 Å². The number of sulfone groups is 1. The summed E-state index contributed by atoms with van der Waals surface area (Å²) in [5.74, 6) is -1.56. The van der Waals surface area contributed by atoms with E-state index in [0.29, 0.717) is 11.3 Å². The number of hydrogen-bond donors (Lipinski definition) is 0. The molecule has 0 aromatic carbocycles. The number of hydroxylamine groups is 2. The van der Waals surface area contributed by atoms with Gasteiger partial charge in [0.15, 0.2) is 26.2 Å². The zero-order valence-electron chi connectivity index (χ0n) is 20.3. The molecule has 4 heterocycles. The first-order valence-corrected chi connectivity index (χ1v) is 12.6. The second-order valence-electron chi connectivity index (χ2n) is 7.69. The number of ether oxygens (including phenoxy) is 1. The molecule has 0 aliphatic carbocycles. The number of hydrogen-bond acceptors (Lipinski definition) is 10. The summed E-state index contributed by atoms with van der Waals surface area (Å²) < 4.78 is 72.8. The highest BCUT2D eigenvalue weighted by Gasteiger charge is 2.34. The number of alkyl halides is 3. The molecule has 0 aliphatic rings. The monoisotopic (exact) mass is 555 g/mol. The molecular weight excluding hydrogens is 535 g/mol. The first-order valence-electron chi connectivity index (χ1n) is 10.9. The maximum absolute atomic E-state index is 13.2. The van der Waals surface area contributed by atoms with Gasteiger partial charge in [0.05, 0.1) is 25.0 Å². The highest BCUT2D eigenvalue weighted by atomic mass is 32.2. The molecule has 0 atom stereocenters. The molecule has 0 aliphatic heterocycles. The first kappa shape index (κ1) is 26.9. The smallest absolute Gasteiger partial charge is 0.441 e. The van der Waals surface area contributed by atoms with E-state index in [4.69, 9.17) is 9.57 Å². The van der Waals surface area contributed by atoms with E-state index in [1.54, 1.807) is 0 Å². The van der Waals surface area contributed by atoms with Crippen molar-refractivity contribution in [1.82, 2.24) is 34.2 Å². The summed E-state index contributed by atoms with van der Waals surface area (Å²) in [5, 5.41) is 3.89. The van der Waals surface area contributed by atoms with Crippen molar-refractivity contribution in [1.29, 1.82) is 0 Å². The van der Waals surface area contributed by atoms with E-state index < -0.39 is 44.4 Å². The topological polar surface area (TPSA) is 151 Å². The number of amides is 2. The van der Waals surface area contributed by atoms with Gasteiger partial charge in [-0.1, -0.05) is 6.92 Å². The highest BCUT2D eigenvalue weighted by Crippen LogP contribution is 2.35. The molecule has 4 aromatic rings. The summed E-state index contributed by atoms with van der Waals surface area (Å²) in [6, 6.07) is 1.95. The largest absolute Gasteiger partial charge is 0.448 e. The molecule has 0 saturated carbocycles. The quantitative estimate of drug-likeness (QED) is 0.325. The number of nitrogens with zero attached hydrogens (tertiary/aromatic N) is 7. The van der Waals surface area contributed by atoms with Gasteiger partial charge in [-0.05, 0) is 19.1 Å². The zero-order valence-corrected chi connectivity index (χ0v) is 21.2.